The molecule has 0 radical (unpaired) electrons. The standard InChI is InChI=1S/C24H29N3O4/c1-14-9-15(2)22(16(3)10-14)25-21-13-18(26(4)24(28)27(21)5)17-11-19(29-6)23(31-8)20(12-17)30-7/h9-13H,1-8H3/b25-21-. The van der Waals surface area contributed by atoms with Gasteiger partial charge < -0.3 is 14.2 Å². The molecule has 0 amide bonds. The van der Waals surface area contributed by atoms with E-state index in [1.54, 1.807) is 44.6 Å². The Balaban J connectivity index is 2.33. The molecule has 31 heavy (non-hydrogen) atoms. The quantitative estimate of drug-likeness (QED) is 0.629. The Hall–Kier alpha value is -3.48. The van der Waals surface area contributed by atoms with Crippen molar-refractivity contribution in [2.75, 3.05) is 21.3 Å². The van der Waals surface area contributed by atoms with Crippen LogP contribution in [0.15, 0.2) is 40.1 Å². The number of hydrogen-bond donors (Lipinski definition) is 0. The van der Waals surface area contributed by atoms with Crippen LogP contribution in [0.4, 0.5) is 5.69 Å². The van der Waals surface area contributed by atoms with Crippen LogP contribution in [0.1, 0.15) is 16.7 Å². The van der Waals surface area contributed by atoms with E-state index in [9.17, 15) is 4.79 Å². The van der Waals surface area contributed by atoms with Crippen molar-refractivity contribution in [2.24, 2.45) is 19.1 Å². The molecular weight excluding hydrogens is 394 g/mol. The summed E-state index contributed by atoms with van der Waals surface area (Å²) in [6, 6.07) is 9.71. The number of hydrogen-bond acceptors (Lipinski definition) is 5. The van der Waals surface area contributed by atoms with Gasteiger partial charge in [-0.25, -0.2) is 9.79 Å². The van der Waals surface area contributed by atoms with Crippen molar-refractivity contribution in [3.05, 3.63) is 63.0 Å². The average Bonchev–Trinajstić information content (AvgIpc) is 2.74. The summed E-state index contributed by atoms with van der Waals surface area (Å²) >= 11 is 0. The van der Waals surface area contributed by atoms with Crippen LogP contribution in [0, 0.1) is 20.8 Å². The summed E-state index contributed by atoms with van der Waals surface area (Å²) in [6.45, 7) is 6.12. The monoisotopic (exact) mass is 423 g/mol. The van der Waals surface area contributed by atoms with Gasteiger partial charge in [0.25, 0.3) is 0 Å². The van der Waals surface area contributed by atoms with Crippen molar-refractivity contribution in [1.29, 1.82) is 0 Å². The van der Waals surface area contributed by atoms with Crippen LogP contribution in [-0.2, 0) is 14.1 Å². The molecule has 164 valence electrons. The Morgan fingerprint density at radius 1 is 0.774 bits per heavy atom. The third-order valence-electron chi connectivity index (χ3n) is 5.37. The lowest BCUT2D eigenvalue weighted by Crippen LogP contribution is -2.37. The van der Waals surface area contributed by atoms with Gasteiger partial charge in [0.05, 0.1) is 32.7 Å². The van der Waals surface area contributed by atoms with Gasteiger partial charge in [0.2, 0.25) is 5.75 Å². The van der Waals surface area contributed by atoms with E-state index < -0.39 is 0 Å². The van der Waals surface area contributed by atoms with Gasteiger partial charge >= 0.3 is 5.69 Å². The Morgan fingerprint density at radius 3 is 1.81 bits per heavy atom. The number of nitrogens with zero attached hydrogens (tertiary/aromatic N) is 3. The maximum atomic E-state index is 13.0. The van der Waals surface area contributed by atoms with E-state index in [0.717, 1.165) is 22.4 Å². The van der Waals surface area contributed by atoms with E-state index in [1.165, 1.54) is 5.56 Å². The predicted octanol–water partition coefficient (Wildman–Crippen LogP) is 3.57. The van der Waals surface area contributed by atoms with Crippen molar-refractivity contribution in [2.45, 2.75) is 20.8 Å². The summed E-state index contributed by atoms with van der Waals surface area (Å²) in [7, 11) is 8.14. The molecule has 0 aliphatic rings. The van der Waals surface area contributed by atoms with Crippen molar-refractivity contribution in [1.82, 2.24) is 9.13 Å². The van der Waals surface area contributed by atoms with Gasteiger partial charge in [0, 0.05) is 25.7 Å². The molecule has 0 spiro atoms. The van der Waals surface area contributed by atoms with Crippen molar-refractivity contribution >= 4 is 5.69 Å². The fraction of sp³-hybridized carbons (Fsp3) is 0.333. The molecule has 7 heteroatoms. The number of aryl methyl sites for hydroxylation is 3. The zero-order chi connectivity index (χ0) is 22.9. The van der Waals surface area contributed by atoms with Crippen LogP contribution >= 0.6 is 0 Å². The van der Waals surface area contributed by atoms with Gasteiger partial charge in [-0.3, -0.25) is 9.13 Å². The smallest absolute Gasteiger partial charge is 0.329 e. The third kappa shape index (κ3) is 4.08. The van der Waals surface area contributed by atoms with Gasteiger partial charge in [-0.15, -0.1) is 0 Å². The highest BCUT2D eigenvalue weighted by atomic mass is 16.5. The molecule has 0 saturated carbocycles. The Morgan fingerprint density at radius 2 is 1.32 bits per heavy atom. The van der Waals surface area contributed by atoms with E-state index >= 15 is 0 Å². The predicted molar refractivity (Wildman–Crippen MR) is 122 cm³/mol. The van der Waals surface area contributed by atoms with Crippen molar-refractivity contribution < 1.29 is 14.2 Å². The lowest BCUT2D eigenvalue weighted by atomic mass is 10.1. The van der Waals surface area contributed by atoms with Crippen LogP contribution < -0.4 is 25.4 Å². The van der Waals surface area contributed by atoms with E-state index in [1.807, 2.05) is 32.0 Å². The molecule has 7 nitrogen and oxygen atoms in total. The molecule has 0 saturated heterocycles. The number of ether oxygens (including phenoxy) is 3. The Bertz CT molecular complexity index is 1220. The van der Waals surface area contributed by atoms with E-state index in [2.05, 4.69) is 19.1 Å². The largest absolute Gasteiger partial charge is 0.493 e. The van der Waals surface area contributed by atoms with E-state index in [0.29, 0.717) is 28.4 Å². The van der Waals surface area contributed by atoms with Crippen LogP contribution in [0.3, 0.4) is 0 Å². The van der Waals surface area contributed by atoms with Gasteiger partial charge in [-0.05, 0) is 44.0 Å². The first kappa shape index (κ1) is 22.2. The molecule has 3 rings (SSSR count). The highest BCUT2D eigenvalue weighted by molar-refractivity contribution is 5.69. The summed E-state index contributed by atoms with van der Waals surface area (Å²) in [5.74, 6) is 1.53. The highest BCUT2D eigenvalue weighted by Gasteiger charge is 2.16. The molecule has 1 aromatic heterocycles. The molecular formula is C24H29N3O4. The fourth-order valence-corrected chi connectivity index (χ4v) is 3.82. The molecule has 0 unspecified atom stereocenters. The lowest BCUT2D eigenvalue weighted by molar-refractivity contribution is 0.324. The van der Waals surface area contributed by atoms with Crippen LogP contribution in [0.5, 0.6) is 17.2 Å². The summed E-state index contributed by atoms with van der Waals surface area (Å²) < 4.78 is 19.5. The van der Waals surface area contributed by atoms with Crippen LogP contribution in [0.25, 0.3) is 11.3 Å². The minimum absolute atomic E-state index is 0.188. The second-order valence-corrected chi connectivity index (χ2v) is 7.56. The second kappa shape index (κ2) is 8.71. The van der Waals surface area contributed by atoms with Crippen LogP contribution in [0.2, 0.25) is 0 Å². The summed E-state index contributed by atoms with van der Waals surface area (Å²) in [6.07, 6.45) is 0. The summed E-state index contributed by atoms with van der Waals surface area (Å²) in [5.41, 5.74) is 5.98. The molecule has 0 bridgehead atoms. The maximum absolute atomic E-state index is 13.0. The molecule has 3 aromatic rings. The van der Waals surface area contributed by atoms with Crippen molar-refractivity contribution in [3.63, 3.8) is 0 Å². The molecule has 0 atom stereocenters. The number of benzene rings is 2. The Labute approximate surface area is 182 Å². The zero-order valence-corrected chi connectivity index (χ0v) is 19.4. The maximum Gasteiger partial charge on any atom is 0.329 e. The van der Waals surface area contributed by atoms with Gasteiger partial charge in [0.15, 0.2) is 11.5 Å². The fourth-order valence-electron chi connectivity index (χ4n) is 3.82. The SMILES string of the molecule is COc1cc(-c2c/c(=N/c3c(C)cc(C)cc3C)n(C)c(=O)n2C)cc(OC)c1OC. The van der Waals surface area contributed by atoms with Gasteiger partial charge in [0.1, 0.15) is 5.49 Å². The normalized spacial score (nSPS) is 11.5. The minimum atomic E-state index is -0.188. The number of aromatic nitrogens is 2. The third-order valence-corrected chi connectivity index (χ3v) is 5.37. The molecule has 0 fully saturated rings. The second-order valence-electron chi connectivity index (χ2n) is 7.56. The summed E-state index contributed by atoms with van der Waals surface area (Å²) in [5, 5.41) is 0. The first-order valence-corrected chi connectivity index (χ1v) is 9.91. The van der Waals surface area contributed by atoms with Crippen molar-refractivity contribution in [3.8, 4) is 28.5 Å². The molecule has 2 aromatic carbocycles. The van der Waals surface area contributed by atoms with Gasteiger partial charge in [-0.2, -0.15) is 0 Å². The zero-order valence-electron chi connectivity index (χ0n) is 19.4. The number of rotatable bonds is 5. The first-order valence-electron chi connectivity index (χ1n) is 9.91. The number of methoxy groups -OCH3 is 3. The molecule has 0 aliphatic carbocycles. The molecule has 0 N–H and O–H groups in total. The lowest BCUT2D eigenvalue weighted by Gasteiger charge is -2.16. The van der Waals surface area contributed by atoms with Crippen LogP contribution in [-0.4, -0.2) is 30.5 Å². The minimum Gasteiger partial charge on any atom is -0.493 e. The van der Waals surface area contributed by atoms with E-state index in [-0.39, 0.29) is 5.69 Å². The molecule has 1 heterocycles. The Kier molecular flexibility index (Phi) is 6.24. The topological polar surface area (TPSA) is 67.0 Å². The van der Waals surface area contributed by atoms with E-state index in [4.69, 9.17) is 19.2 Å². The highest BCUT2D eigenvalue weighted by Crippen LogP contribution is 2.40. The average molecular weight is 424 g/mol. The van der Waals surface area contributed by atoms with Gasteiger partial charge in [-0.1, -0.05) is 17.7 Å². The molecule has 0 aliphatic heterocycles. The first-order chi connectivity index (χ1) is 14.7. The summed E-state index contributed by atoms with van der Waals surface area (Å²) in [4.78, 5) is 17.9.